The number of hydrogen-bond donors (Lipinski definition) is 1. The molecule has 0 radical (unpaired) electrons. The molecule has 0 amide bonds. The molecule has 0 atom stereocenters. The zero-order chi connectivity index (χ0) is 13.0. The summed E-state index contributed by atoms with van der Waals surface area (Å²) in [5, 5.41) is 3.40. The average Bonchev–Trinajstić information content (AvgIpc) is 2.37. The number of rotatable bonds is 6. The second kappa shape index (κ2) is 5.59. The molecule has 1 saturated heterocycles. The Balaban J connectivity index is 2.25. The van der Waals surface area contributed by atoms with E-state index >= 15 is 0 Å². The Morgan fingerprint density at radius 3 is 2.44 bits per heavy atom. The smallest absolute Gasteiger partial charge is 0.161 e. The van der Waals surface area contributed by atoms with Gasteiger partial charge in [0.15, 0.2) is 11.5 Å². The van der Waals surface area contributed by atoms with Crippen molar-refractivity contribution in [1.82, 2.24) is 5.32 Å². The van der Waals surface area contributed by atoms with Crippen molar-refractivity contribution in [2.24, 2.45) is 0 Å². The van der Waals surface area contributed by atoms with Crippen LogP contribution in [-0.4, -0.2) is 40.5 Å². The summed E-state index contributed by atoms with van der Waals surface area (Å²) in [7, 11) is 3.31. The predicted octanol–water partition coefficient (Wildman–Crippen LogP) is 1.58. The van der Waals surface area contributed by atoms with Gasteiger partial charge in [-0.05, 0) is 24.2 Å². The maximum absolute atomic E-state index is 5.41. The first-order chi connectivity index (χ1) is 8.75. The molecule has 1 aromatic rings. The number of methoxy groups -OCH3 is 2. The highest BCUT2D eigenvalue weighted by Gasteiger charge is 2.40. The summed E-state index contributed by atoms with van der Waals surface area (Å²) in [6.45, 7) is 5.53. The van der Waals surface area contributed by atoms with Crippen molar-refractivity contribution in [3.8, 4) is 11.5 Å². The number of ether oxygens (including phenoxy) is 3. The standard InChI is InChI=1S/C14H21NO3/c1-4-15-8-14(9-18-10-14)11-5-6-12(16-2)13(7-11)17-3/h5-7,15H,4,8-10H2,1-3H3. The maximum Gasteiger partial charge on any atom is 0.161 e. The van der Waals surface area contributed by atoms with E-state index in [4.69, 9.17) is 14.2 Å². The minimum atomic E-state index is 0.0789. The van der Waals surface area contributed by atoms with Crippen LogP contribution in [0.3, 0.4) is 0 Å². The fourth-order valence-electron chi connectivity index (χ4n) is 2.25. The molecule has 0 bridgehead atoms. The maximum atomic E-state index is 5.41. The number of likely N-dealkylation sites (N-methyl/N-ethyl adjacent to an activating group) is 1. The van der Waals surface area contributed by atoms with E-state index in [1.165, 1.54) is 5.56 Å². The van der Waals surface area contributed by atoms with Crippen LogP contribution in [-0.2, 0) is 10.2 Å². The van der Waals surface area contributed by atoms with Crippen molar-refractivity contribution in [2.45, 2.75) is 12.3 Å². The van der Waals surface area contributed by atoms with E-state index in [1.54, 1.807) is 14.2 Å². The van der Waals surface area contributed by atoms with E-state index < -0.39 is 0 Å². The molecule has 0 unspecified atom stereocenters. The molecule has 2 rings (SSSR count). The number of benzene rings is 1. The van der Waals surface area contributed by atoms with Crippen LogP contribution in [0.2, 0.25) is 0 Å². The second-order valence-corrected chi connectivity index (χ2v) is 4.62. The highest BCUT2D eigenvalue weighted by atomic mass is 16.5. The number of nitrogens with one attached hydrogen (secondary N) is 1. The summed E-state index contributed by atoms with van der Waals surface area (Å²) >= 11 is 0. The summed E-state index contributed by atoms with van der Waals surface area (Å²) < 4.78 is 16.0. The van der Waals surface area contributed by atoms with Gasteiger partial charge in [-0.25, -0.2) is 0 Å². The van der Waals surface area contributed by atoms with Crippen LogP contribution >= 0.6 is 0 Å². The van der Waals surface area contributed by atoms with Crippen molar-refractivity contribution in [3.63, 3.8) is 0 Å². The fourth-order valence-corrected chi connectivity index (χ4v) is 2.25. The Hall–Kier alpha value is -1.26. The summed E-state index contributed by atoms with van der Waals surface area (Å²) in [5.41, 5.74) is 1.32. The van der Waals surface area contributed by atoms with Gasteiger partial charge in [-0.1, -0.05) is 13.0 Å². The molecule has 0 saturated carbocycles. The van der Waals surface area contributed by atoms with Crippen molar-refractivity contribution in [1.29, 1.82) is 0 Å². The van der Waals surface area contributed by atoms with E-state index in [1.807, 2.05) is 6.07 Å². The third-order valence-corrected chi connectivity index (χ3v) is 3.47. The van der Waals surface area contributed by atoms with Gasteiger partial charge in [-0.15, -0.1) is 0 Å². The summed E-state index contributed by atoms with van der Waals surface area (Å²) in [4.78, 5) is 0. The van der Waals surface area contributed by atoms with Gasteiger partial charge in [0, 0.05) is 6.54 Å². The van der Waals surface area contributed by atoms with Crippen molar-refractivity contribution < 1.29 is 14.2 Å². The van der Waals surface area contributed by atoms with Crippen LogP contribution in [0.15, 0.2) is 18.2 Å². The predicted molar refractivity (Wildman–Crippen MR) is 70.6 cm³/mol. The second-order valence-electron chi connectivity index (χ2n) is 4.62. The zero-order valence-electron chi connectivity index (χ0n) is 11.3. The molecule has 4 heteroatoms. The summed E-state index contributed by atoms with van der Waals surface area (Å²) in [6.07, 6.45) is 0. The first-order valence-electron chi connectivity index (χ1n) is 6.27. The monoisotopic (exact) mass is 251 g/mol. The molecule has 1 heterocycles. The van der Waals surface area contributed by atoms with Gasteiger partial charge in [0.2, 0.25) is 0 Å². The van der Waals surface area contributed by atoms with E-state index in [9.17, 15) is 0 Å². The van der Waals surface area contributed by atoms with Crippen LogP contribution in [0, 0.1) is 0 Å². The molecule has 4 nitrogen and oxygen atoms in total. The zero-order valence-corrected chi connectivity index (χ0v) is 11.3. The number of hydrogen-bond acceptors (Lipinski definition) is 4. The summed E-state index contributed by atoms with van der Waals surface area (Å²) in [6, 6.07) is 6.11. The quantitative estimate of drug-likeness (QED) is 0.833. The van der Waals surface area contributed by atoms with E-state index in [2.05, 4.69) is 24.4 Å². The van der Waals surface area contributed by atoms with Crippen molar-refractivity contribution >= 4 is 0 Å². The molecular weight excluding hydrogens is 230 g/mol. The van der Waals surface area contributed by atoms with Crippen molar-refractivity contribution in [2.75, 3.05) is 40.5 Å². The van der Waals surface area contributed by atoms with Gasteiger partial charge in [-0.2, -0.15) is 0 Å². The third kappa shape index (κ3) is 2.31. The Morgan fingerprint density at radius 1 is 1.22 bits per heavy atom. The third-order valence-electron chi connectivity index (χ3n) is 3.47. The van der Waals surface area contributed by atoms with Gasteiger partial charge in [-0.3, -0.25) is 0 Å². The lowest BCUT2D eigenvalue weighted by atomic mass is 9.78. The molecule has 1 aromatic carbocycles. The Morgan fingerprint density at radius 2 is 1.94 bits per heavy atom. The molecule has 1 aliphatic heterocycles. The normalized spacial score (nSPS) is 17.1. The van der Waals surface area contributed by atoms with E-state index in [0.717, 1.165) is 37.8 Å². The van der Waals surface area contributed by atoms with E-state index in [0.29, 0.717) is 0 Å². The van der Waals surface area contributed by atoms with Gasteiger partial charge in [0.1, 0.15) is 0 Å². The minimum Gasteiger partial charge on any atom is -0.493 e. The lowest BCUT2D eigenvalue weighted by molar-refractivity contribution is -0.0588. The largest absolute Gasteiger partial charge is 0.493 e. The highest BCUT2D eigenvalue weighted by Crippen LogP contribution is 2.37. The molecule has 100 valence electrons. The topological polar surface area (TPSA) is 39.7 Å². The molecule has 0 aromatic heterocycles. The van der Waals surface area contributed by atoms with Crippen LogP contribution in [0.25, 0.3) is 0 Å². The molecule has 1 fully saturated rings. The molecule has 18 heavy (non-hydrogen) atoms. The molecule has 1 aliphatic rings. The Bertz CT molecular complexity index is 402. The molecule has 0 spiro atoms. The SMILES string of the molecule is CCNCC1(c2ccc(OC)c(OC)c2)COC1. The van der Waals surface area contributed by atoms with E-state index in [-0.39, 0.29) is 5.41 Å². The molecular formula is C14H21NO3. The van der Waals surface area contributed by atoms with Gasteiger partial charge in [0.05, 0.1) is 32.8 Å². The lowest BCUT2D eigenvalue weighted by Gasteiger charge is -2.42. The first kappa shape index (κ1) is 13.2. The van der Waals surface area contributed by atoms with Gasteiger partial charge in [0.25, 0.3) is 0 Å². The van der Waals surface area contributed by atoms with Crippen LogP contribution < -0.4 is 14.8 Å². The van der Waals surface area contributed by atoms with Gasteiger partial charge < -0.3 is 19.5 Å². The van der Waals surface area contributed by atoms with Crippen molar-refractivity contribution in [3.05, 3.63) is 23.8 Å². The van der Waals surface area contributed by atoms with Crippen LogP contribution in [0.1, 0.15) is 12.5 Å². The Labute approximate surface area is 108 Å². The van der Waals surface area contributed by atoms with Gasteiger partial charge >= 0.3 is 0 Å². The Kier molecular flexibility index (Phi) is 4.09. The minimum absolute atomic E-state index is 0.0789. The lowest BCUT2D eigenvalue weighted by Crippen LogP contribution is -2.53. The highest BCUT2D eigenvalue weighted by molar-refractivity contribution is 5.46. The summed E-state index contributed by atoms with van der Waals surface area (Å²) in [5.74, 6) is 1.54. The molecule has 0 aliphatic carbocycles. The molecule has 1 N–H and O–H groups in total. The van der Waals surface area contributed by atoms with Crippen LogP contribution in [0.5, 0.6) is 11.5 Å². The average molecular weight is 251 g/mol. The fraction of sp³-hybridized carbons (Fsp3) is 0.571. The van der Waals surface area contributed by atoms with Crippen LogP contribution in [0.4, 0.5) is 0 Å². The first-order valence-corrected chi connectivity index (χ1v) is 6.27.